The van der Waals surface area contributed by atoms with Crippen molar-refractivity contribution >= 4 is 23.4 Å². The molecule has 4 aromatic rings. The van der Waals surface area contributed by atoms with Gasteiger partial charge in [-0.1, -0.05) is 54.1 Å². The van der Waals surface area contributed by atoms with Gasteiger partial charge in [0.1, 0.15) is 6.61 Å². The number of nitrogens with one attached hydrogen (secondary N) is 1. The molecule has 1 amide bonds. The molecule has 1 aromatic heterocycles. The van der Waals surface area contributed by atoms with Gasteiger partial charge in [-0.25, -0.2) is 4.79 Å². The maximum absolute atomic E-state index is 12.3. The third kappa shape index (κ3) is 5.70. The summed E-state index contributed by atoms with van der Waals surface area (Å²) in [4.78, 5) is 16.5. The number of carbonyl (C=O) groups excluding carboxylic acids is 1. The van der Waals surface area contributed by atoms with Crippen LogP contribution in [0.1, 0.15) is 40.5 Å². The van der Waals surface area contributed by atoms with E-state index in [9.17, 15) is 4.79 Å². The molecule has 5 nitrogen and oxygen atoms in total. The van der Waals surface area contributed by atoms with Gasteiger partial charge < -0.3 is 10.5 Å². The smallest absolute Gasteiger partial charge is 0.411 e. The van der Waals surface area contributed by atoms with Gasteiger partial charge in [-0.05, 0) is 88.0 Å². The minimum absolute atomic E-state index is 0.210. The molecule has 1 heterocycles. The van der Waals surface area contributed by atoms with Crippen LogP contribution < -0.4 is 11.1 Å². The van der Waals surface area contributed by atoms with Crippen LogP contribution in [0.5, 0.6) is 0 Å². The molecule has 3 aromatic carbocycles. The second-order valence-corrected chi connectivity index (χ2v) is 9.25. The maximum Gasteiger partial charge on any atom is 0.411 e. The van der Waals surface area contributed by atoms with Crippen molar-refractivity contribution in [3.05, 3.63) is 119 Å². The fourth-order valence-corrected chi connectivity index (χ4v) is 4.71. The molecule has 0 aliphatic heterocycles. The summed E-state index contributed by atoms with van der Waals surface area (Å²) in [5.74, 6) is 0.700. The molecular weight excluding hydrogens is 458 g/mol. The molecule has 0 saturated heterocycles. The highest BCUT2D eigenvalue weighted by molar-refractivity contribution is 6.31. The summed E-state index contributed by atoms with van der Waals surface area (Å²) < 4.78 is 5.35. The number of aromatic nitrogens is 1. The van der Waals surface area contributed by atoms with Crippen molar-refractivity contribution in [2.45, 2.75) is 31.4 Å². The Balaban J connectivity index is 1.30. The first kappa shape index (κ1) is 23.1. The first-order chi connectivity index (χ1) is 17.1. The Hall–Kier alpha value is -3.67. The standard InChI is InChI=1S/C29H26ClN3O2/c30-25-13-24(14-26(15-25)33-29(34)35-18-19-4-2-1-3-5-19)28-16-27(28)23-11-20(17-31)10-22(12-23)21-6-8-32-9-7-21/h1-15,27-28H,16-18,31H2,(H,33,34)/t27-,28-/m0/s1. The lowest BCUT2D eigenvalue weighted by atomic mass is 9.96. The van der Waals surface area contributed by atoms with Crippen molar-refractivity contribution in [2.75, 3.05) is 5.32 Å². The number of halogens is 1. The lowest BCUT2D eigenvalue weighted by Crippen LogP contribution is -2.13. The van der Waals surface area contributed by atoms with Gasteiger partial charge in [-0.15, -0.1) is 0 Å². The molecule has 0 bridgehead atoms. The van der Waals surface area contributed by atoms with Crippen LogP contribution in [0, 0.1) is 0 Å². The van der Waals surface area contributed by atoms with E-state index >= 15 is 0 Å². The van der Waals surface area contributed by atoms with E-state index < -0.39 is 6.09 Å². The van der Waals surface area contributed by atoms with Crippen molar-refractivity contribution in [3.8, 4) is 11.1 Å². The van der Waals surface area contributed by atoms with Gasteiger partial charge >= 0.3 is 6.09 Å². The van der Waals surface area contributed by atoms with Crippen molar-refractivity contribution < 1.29 is 9.53 Å². The third-order valence-corrected chi connectivity index (χ3v) is 6.51. The average molecular weight is 484 g/mol. The minimum atomic E-state index is -0.507. The molecule has 3 N–H and O–H groups in total. The van der Waals surface area contributed by atoms with Gasteiger partial charge in [-0.2, -0.15) is 0 Å². The Labute approximate surface area is 209 Å². The van der Waals surface area contributed by atoms with E-state index in [1.54, 1.807) is 18.5 Å². The van der Waals surface area contributed by atoms with E-state index in [0.717, 1.165) is 34.2 Å². The summed E-state index contributed by atoms with van der Waals surface area (Å²) in [6, 6.07) is 25.9. The predicted octanol–water partition coefficient (Wildman–Crippen LogP) is 6.88. The molecule has 1 saturated carbocycles. The van der Waals surface area contributed by atoms with E-state index in [-0.39, 0.29) is 6.61 Å². The zero-order chi connectivity index (χ0) is 24.2. The largest absolute Gasteiger partial charge is 0.444 e. The van der Waals surface area contributed by atoms with Crippen LogP contribution in [0.4, 0.5) is 10.5 Å². The number of hydrogen-bond acceptors (Lipinski definition) is 4. The number of amides is 1. The van der Waals surface area contributed by atoms with Gasteiger partial charge in [0.25, 0.3) is 0 Å². The number of anilines is 1. The number of nitrogens with two attached hydrogens (primary N) is 1. The number of carbonyl (C=O) groups is 1. The van der Waals surface area contributed by atoms with Gasteiger partial charge in [0.15, 0.2) is 0 Å². The molecule has 1 fully saturated rings. The highest BCUT2D eigenvalue weighted by Gasteiger charge is 2.40. The fraction of sp³-hybridized carbons (Fsp3) is 0.172. The first-order valence-corrected chi connectivity index (χ1v) is 12.0. The molecule has 2 atom stereocenters. The number of pyridine rings is 1. The normalized spacial score (nSPS) is 16.5. The zero-order valence-corrected chi connectivity index (χ0v) is 19.9. The highest BCUT2D eigenvalue weighted by atomic mass is 35.5. The maximum atomic E-state index is 12.3. The topological polar surface area (TPSA) is 77.2 Å². The van der Waals surface area contributed by atoms with Crippen molar-refractivity contribution in [2.24, 2.45) is 5.73 Å². The molecule has 0 spiro atoms. The molecule has 0 radical (unpaired) electrons. The van der Waals surface area contributed by atoms with Gasteiger partial charge in [0.05, 0.1) is 0 Å². The van der Waals surface area contributed by atoms with Crippen LogP contribution in [0.3, 0.4) is 0 Å². The summed E-state index contributed by atoms with van der Waals surface area (Å²) in [7, 11) is 0. The molecular formula is C29H26ClN3O2. The summed E-state index contributed by atoms with van der Waals surface area (Å²) >= 11 is 6.41. The van der Waals surface area contributed by atoms with E-state index in [1.807, 2.05) is 54.6 Å². The van der Waals surface area contributed by atoms with Crippen LogP contribution in [0.15, 0.2) is 91.3 Å². The molecule has 6 heteroatoms. The van der Waals surface area contributed by atoms with Crippen molar-refractivity contribution in [1.29, 1.82) is 0 Å². The number of benzene rings is 3. The number of nitrogens with zero attached hydrogens (tertiary/aromatic N) is 1. The Bertz CT molecular complexity index is 1330. The first-order valence-electron chi connectivity index (χ1n) is 11.6. The van der Waals surface area contributed by atoms with Gasteiger partial charge in [0.2, 0.25) is 0 Å². The van der Waals surface area contributed by atoms with Crippen LogP contribution in [0.2, 0.25) is 5.02 Å². The third-order valence-electron chi connectivity index (χ3n) is 6.29. The van der Waals surface area contributed by atoms with E-state index in [0.29, 0.717) is 29.1 Å². The van der Waals surface area contributed by atoms with Crippen molar-refractivity contribution in [1.82, 2.24) is 4.98 Å². The van der Waals surface area contributed by atoms with Gasteiger partial charge in [0, 0.05) is 29.6 Å². The molecule has 176 valence electrons. The molecule has 1 aliphatic carbocycles. The Morgan fingerprint density at radius 1 is 0.914 bits per heavy atom. The quantitative estimate of drug-likeness (QED) is 0.300. The molecule has 1 aliphatic rings. The van der Waals surface area contributed by atoms with E-state index in [4.69, 9.17) is 22.1 Å². The SMILES string of the molecule is NCc1cc(-c2ccncc2)cc([C@@H]2C[C@H]2c2cc(Cl)cc(NC(=O)OCc3ccccc3)c2)c1. The van der Waals surface area contributed by atoms with Gasteiger partial charge in [-0.3, -0.25) is 10.3 Å². The lowest BCUT2D eigenvalue weighted by Gasteiger charge is -2.11. The lowest BCUT2D eigenvalue weighted by molar-refractivity contribution is 0.155. The highest BCUT2D eigenvalue weighted by Crippen LogP contribution is 2.55. The zero-order valence-electron chi connectivity index (χ0n) is 19.2. The van der Waals surface area contributed by atoms with Crippen LogP contribution in [0.25, 0.3) is 11.1 Å². The van der Waals surface area contributed by atoms with Crippen LogP contribution in [-0.2, 0) is 17.9 Å². The number of hydrogen-bond donors (Lipinski definition) is 2. The van der Waals surface area contributed by atoms with Crippen molar-refractivity contribution in [3.63, 3.8) is 0 Å². The Morgan fingerprint density at radius 2 is 1.66 bits per heavy atom. The summed E-state index contributed by atoms with van der Waals surface area (Å²) in [6.07, 6.45) is 4.11. The Kier molecular flexibility index (Phi) is 6.80. The molecule has 35 heavy (non-hydrogen) atoms. The van der Waals surface area contributed by atoms with E-state index in [1.165, 1.54) is 5.56 Å². The van der Waals surface area contributed by atoms with Crippen LogP contribution in [-0.4, -0.2) is 11.1 Å². The number of rotatable bonds is 7. The minimum Gasteiger partial charge on any atom is -0.444 e. The molecule has 0 unspecified atom stereocenters. The molecule has 5 rings (SSSR count). The Morgan fingerprint density at radius 3 is 2.40 bits per heavy atom. The monoisotopic (exact) mass is 483 g/mol. The second kappa shape index (κ2) is 10.3. The van der Waals surface area contributed by atoms with E-state index in [2.05, 4.69) is 28.5 Å². The average Bonchev–Trinajstić information content (AvgIpc) is 3.69. The van der Waals surface area contributed by atoms with Crippen LogP contribution >= 0.6 is 11.6 Å². The fourth-order valence-electron chi connectivity index (χ4n) is 4.47. The summed E-state index contributed by atoms with van der Waals surface area (Å²) in [5.41, 5.74) is 13.3. The summed E-state index contributed by atoms with van der Waals surface area (Å²) in [5, 5.41) is 3.39. The predicted molar refractivity (Wildman–Crippen MR) is 139 cm³/mol. The summed E-state index contributed by atoms with van der Waals surface area (Å²) in [6.45, 7) is 0.696. The number of ether oxygens (including phenoxy) is 1. The second-order valence-electron chi connectivity index (χ2n) is 8.81.